The SMILES string of the molecule is COS(=O)(=O)[O-].C[N+](C)(C)CCOc1cc(N)c2c(c1N)C(=O)c1ccccc1C2=O. The zero-order valence-corrected chi connectivity index (χ0v) is 18.5. The lowest BCUT2D eigenvalue weighted by molar-refractivity contribution is -0.870. The van der Waals surface area contributed by atoms with Crippen molar-refractivity contribution >= 4 is 33.3 Å². The Labute approximate surface area is 180 Å². The predicted octanol–water partition coefficient (Wildman–Crippen LogP) is 0.804. The van der Waals surface area contributed by atoms with E-state index in [1.54, 1.807) is 24.3 Å². The smallest absolute Gasteiger partial charge is 0.217 e. The summed E-state index contributed by atoms with van der Waals surface area (Å²) in [6.07, 6.45) is 0. The van der Waals surface area contributed by atoms with Crippen LogP contribution in [0.25, 0.3) is 0 Å². The van der Waals surface area contributed by atoms with Crippen LogP contribution in [0.15, 0.2) is 30.3 Å². The van der Waals surface area contributed by atoms with Crippen molar-refractivity contribution in [1.82, 2.24) is 0 Å². The molecule has 3 rings (SSSR count). The fraction of sp³-hybridized carbons (Fsp3) is 0.300. The van der Waals surface area contributed by atoms with E-state index >= 15 is 0 Å². The van der Waals surface area contributed by atoms with Crippen LogP contribution in [0.3, 0.4) is 0 Å². The normalized spacial score (nSPS) is 13.1. The van der Waals surface area contributed by atoms with Crippen molar-refractivity contribution in [3.8, 4) is 5.75 Å². The summed E-state index contributed by atoms with van der Waals surface area (Å²) >= 11 is 0. The minimum Gasteiger partial charge on any atom is -0.726 e. The van der Waals surface area contributed by atoms with Crippen LogP contribution in [-0.4, -0.2) is 70.4 Å². The number of carbonyl (C=O) groups excluding carboxylic acids is 2. The Morgan fingerprint density at radius 2 is 1.48 bits per heavy atom. The highest BCUT2D eigenvalue weighted by Gasteiger charge is 2.34. The maximum atomic E-state index is 12.9. The van der Waals surface area contributed by atoms with Crippen molar-refractivity contribution < 1.29 is 36.0 Å². The fourth-order valence-electron chi connectivity index (χ4n) is 2.87. The van der Waals surface area contributed by atoms with E-state index in [4.69, 9.17) is 16.2 Å². The monoisotopic (exact) mass is 451 g/mol. The van der Waals surface area contributed by atoms with Gasteiger partial charge in [-0.3, -0.25) is 13.8 Å². The van der Waals surface area contributed by atoms with E-state index in [0.717, 1.165) is 18.1 Å². The number of quaternary nitrogens is 1. The molecule has 0 unspecified atom stereocenters. The summed E-state index contributed by atoms with van der Waals surface area (Å²) in [7, 11) is 2.54. The molecule has 11 heteroatoms. The number of carbonyl (C=O) groups is 2. The number of rotatable bonds is 5. The van der Waals surface area contributed by atoms with Crippen LogP contribution < -0.4 is 16.2 Å². The Morgan fingerprint density at radius 3 is 1.94 bits per heavy atom. The fourth-order valence-corrected chi connectivity index (χ4v) is 2.87. The minimum absolute atomic E-state index is 0.143. The molecule has 0 aromatic heterocycles. The van der Waals surface area contributed by atoms with E-state index in [2.05, 4.69) is 4.18 Å². The summed E-state index contributed by atoms with van der Waals surface area (Å²) in [6.45, 7) is 1.18. The van der Waals surface area contributed by atoms with Gasteiger partial charge in [0.1, 0.15) is 18.9 Å². The molecule has 0 atom stereocenters. The Morgan fingerprint density at radius 1 is 1.00 bits per heavy atom. The first-order valence-electron chi connectivity index (χ1n) is 9.12. The zero-order chi connectivity index (χ0) is 23.6. The molecule has 0 radical (unpaired) electrons. The van der Waals surface area contributed by atoms with Crippen LogP contribution in [0.1, 0.15) is 31.8 Å². The van der Waals surface area contributed by atoms with Gasteiger partial charge in [0.25, 0.3) is 0 Å². The third kappa shape index (κ3) is 5.79. The van der Waals surface area contributed by atoms with Gasteiger partial charge >= 0.3 is 0 Å². The van der Waals surface area contributed by atoms with Crippen LogP contribution in [0, 0.1) is 0 Å². The standard InChI is InChI=1S/C19H21N3O3.CH4O4S/c1-22(2,3)8-9-25-14-10-13(20)15-16(17(14)21)19(24)12-7-5-4-6-11(12)18(15)23;1-5-6(2,3)4/h4-7,10H,8-9H2,1-3H3,(H3-,20,21,23,24);1H3,(H,2,3,4). The molecule has 1 aliphatic rings. The maximum absolute atomic E-state index is 12.9. The molecule has 2 aromatic rings. The maximum Gasteiger partial charge on any atom is 0.217 e. The third-order valence-electron chi connectivity index (χ3n) is 4.45. The van der Waals surface area contributed by atoms with Gasteiger partial charge in [-0.05, 0) is 0 Å². The Kier molecular flexibility index (Phi) is 7.06. The summed E-state index contributed by atoms with van der Waals surface area (Å²) in [5.74, 6) is -0.246. The molecule has 0 heterocycles. The molecule has 168 valence electrons. The van der Waals surface area contributed by atoms with E-state index in [1.807, 2.05) is 21.1 Å². The zero-order valence-electron chi connectivity index (χ0n) is 17.7. The second-order valence-corrected chi connectivity index (χ2v) is 8.92. The van der Waals surface area contributed by atoms with E-state index in [1.165, 1.54) is 6.07 Å². The van der Waals surface area contributed by atoms with Crippen molar-refractivity contribution in [2.24, 2.45) is 0 Å². The molecule has 0 saturated heterocycles. The number of nitrogens with zero attached hydrogens (tertiary/aromatic N) is 1. The van der Waals surface area contributed by atoms with Gasteiger partial charge in [0.15, 0.2) is 11.6 Å². The molecule has 2 aromatic carbocycles. The minimum atomic E-state index is -4.41. The van der Waals surface area contributed by atoms with Crippen LogP contribution >= 0.6 is 0 Å². The number of ether oxygens (including phenoxy) is 1. The van der Waals surface area contributed by atoms with Crippen molar-refractivity contribution in [3.05, 3.63) is 52.6 Å². The molecule has 0 amide bonds. The number of benzene rings is 2. The van der Waals surface area contributed by atoms with Gasteiger partial charge in [-0.1, -0.05) is 24.3 Å². The van der Waals surface area contributed by atoms with Gasteiger partial charge in [0.2, 0.25) is 10.4 Å². The summed E-state index contributed by atoms with van der Waals surface area (Å²) < 4.78 is 37.5. The number of nitrogens with two attached hydrogens (primary N) is 2. The summed E-state index contributed by atoms with van der Waals surface area (Å²) in [5, 5.41) is 0. The highest BCUT2D eigenvalue weighted by Crippen LogP contribution is 2.39. The number of anilines is 2. The van der Waals surface area contributed by atoms with E-state index < -0.39 is 10.4 Å². The number of hydrogen-bond donors (Lipinski definition) is 2. The molecule has 4 N–H and O–H groups in total. The first kappa shape index (κ1) is 24.3. The average Bonchev–Trinajstić information content (AvgIpc) is 2.67. The van der Waals surface area contributed by atoms with E-state index in [0.29, 0.717) is 23.5 Å². The van der Waals surface area contributed by atoms with Gasteiger partial charge in [-0.25, -0.2) is 8.42 Å². The third-order valence-corrected chi connectivity index (χ3v) is 4.86. The topological polar surface area (TPSA) is 162 Å². The number of nitrogen functional groups attached to an aromatic ring is 2. The second-order valence-electron chi connectivity index (χ2n) is 7.77. The second kappa shape index (κ2) is 9.02. The van der Waals surface area contributed by atoms with Gasteiger partial charge < -0.3 is 25.2 Å². The van der Waals surface area contributed by atoms with E-state index in [9.17, 15) is 22.6 Å². The Bertz CT molecular complexity index is 1120. The molecule has 0 bridgehead atoms. The molecule has 0 fully saturated rings. The largest absolute Gasteiger partial charge is 0.726 e. The lowest BCUT2D eigenvalue weighted by Gasteiger charge is -2.25. The summed E-state index contributed by atoms with van der Waals surface area (Å²) in [4.78, 5) is 25.6. The molecular weight excluding hydrogens is 426 g/mol. The molecule has 1 aliphatic carbocycles. The van der Waals surface area contributed by atoms with Crippen LogP contribution in [-0.2, 0) is 14.6 Å². The first-order chi connectivity index (χ1) is 14.3. The number of fused-ring (bicyclic) bond motifs is 2. The number of likely N-dealkylation sites (N-methyl/N-ethyl adjacent to an activating group) is 1. The van der Waals surface area contributed by atoms with Crippen molar-refractivity contribution in [2.75, 3.05) is 52.9 Å². The highest BCUT2D eigenvalue weighted by atomic mass is 32.3. The van der Waals surface area contributed by atoms with Crippen LogP contribution in [0.5, 0.6) is 5.75 Å². The van der Waals surface area contributed by atoms with Crippen molar-refractivity contribution in [3.63, 3.8) is 0 Å². The van der Waals surface area contributed by atoms with Gasteiger partial charge in [0, 0.05) is 22.9 Å². The number of hydrogen-bond acceptors (Lipinski definition) is 9. The molecule has 0 saturated carbocycles. The molecule has 0 aliphatic heterocycles. The van der Waals surface area contributed by atoms with E-state index in [-0.39, 0.29) is 34.1 Å². The average molecular weight is 452 g/mol. The van der Waals surface area contributed by atoms with Gasteiger partial charge in [-0.15, -0.1) is 0 Å². The highest BCUT2D eigenvalue weighted by molar-refractivity contribution is 7.80. The van der Waals surface area contributed by atoms with Crippen LogP contribution in [0.2, 0.25) is 0 Å². The lowest BCUT2D eigenvalue weighted by Crippen LogP contribution is -2.38. The summed E-state index contributed by atoms with van der Waals surface area (Å²) in [6, 6.07) is 8.22. The first-order valence-corrected chi connectivity index (χ1v) is 10.4. The predicted molar refractivity (Wildman–Crippen MR) is 114 cm³/mol. The van der Waals surface area contributed by atoms with Crippen LogP contribution in [0.4, 0.5) is 11.4 Å². The molecular formula is C20H25N3O7S. The summed E-state index contributed by atoms with van der Waals surface area (Å²) in [5.41, 5.74) is 13.6. The van der Waals surface area contributed by atoms with Gasteiger partial charge in [0.05, 0.1) is 45.1 Å². The Balaban J connectivity index is 0.000000501. The Hall–Kier alpha value is -2.99. The molecule has 31 heavy (non-hydrogen) atoms. The lowest BCUT2D eigenvalue weighted by atomic mass is 9.82. The van der Waals surface area contributed by atoms with Crippen molar-refractivity contribution in [2.45, 2.75) is 0 Å². The van der Waals surface area contributed by atoms with Crippen molar-refractivity contribution in [1.29, 1.82) is 0 Å². The number of ketones is 2. The quantitative estimate of drug-likeness (QED) is 0.247. The molecule has 10 nitrogen and oxygen atoms in total. The van der Waals surface area contributed by atoms with Gasteiger partial charge in [-0.2, -0.15) is 0 Å². The molecule has 0 spiro atoms.